The Labute approximate surface area is 239 Å². The summed E-state index contributed by atoms with van der Waals surface area (Å²) in [7, 11) is 0. The molecule has 0 aromatic heterocycles. The molecule has 0 saturated carbocycles. The van der Waals surface area contributed by atoms with E-state index in [1.54, 1.807) is 12.1 Å². The van der Waals surface area contributed by atoms with Crippen molar-refractivity contribution < 1.29 is 18.7 Å². The average molecular weight is 555 g/mol. The smallest absolute Gasteiger partial charge is 0.410 e. The van der Waals surface area contributed by atoms with Crippen LogP contribution in [-0.2, 0) is 16.0 Å². The van der Waals surface area contributed by atoms with E-state index < -0.39 is 5.60 Å². The predicted octanol–water partition coefficient (Wildman–Crippen LogP) is 6.38. The van der Waals surface area contributed by atoms with Crippen molar-refractivity contribution in [3.05, 3.63) is 58.7 Å². The average Bonchev–Trinajstić information content (AvgIpc) is 3.38. The summed E-state index contributed by atoms with van der Waals surface area (Å²) in [4.78, 5) is 34.6. The first-order valence-corrected chi connectivity index (χ1v) is 14.7. The zero-order valence-corrected chi connectivity index (χ0v) is 24.9. The third-order valence-electron chi connectivity index (χ3n) is 7.55. The monoisotopic (exact) mass is 554 g/mol. The predicted molar refractivity (Wildman–Crippen MR) is 158 cm³/mol. The van der Waals surface area contributed by atoms with Gasteiger partial charge in [-0.25, -0.2) is 14.2 Å². The van der Waals surface area contributed by atoms with E-state index >= 15 is 0 Å². The van der Waals surface area contributed by atoms with Gasteiger partial charge in [-0.3, -0.25) is 4.79 Å². The third-order valence-corrected chi connectivity index (χ3v) is 7.55. The molecule has 1 fully saturated rings. The largest absolute Gasteiger partial charge is 0.444 e. The Bertz CT molecular complexity index is 1100. The molecule has 8 heteroatoms. The molecular formula is C32H47FN4O3. The van der Waals surface area contributed by atoms with Crippen LogP contribution in [0.15, 0.2) is 52.3 Å². The van der Waals surface area contributed by atoms with Crippen molar-refractivity contribution in [3.63, 3.8) is 0 Å². The topological polar surface area (TPSA) is 88.2 Å². The molecule has 2 heterocycles. The van der Waals surface area contributed by atoms with Gasteiger partial charge in [-0.15, -0.1) is 0 Å². The summed E-state index contributed by atoms with van der Waals surface area (Å²) in [5.41, 5.74) is 8.76. The first kappa shape index (κ1) is 31.4. The lowest BCUT2D eigenvalue weighted by molar-refractivity contribution is -0.131. The van der Waals surface area contributed by atoms with Crippen LogP contribution >= 0.6 is 0 Å². The maximum Gasteiger partial charge on any atom is 0.410 e. The molecular weight excluding hydrogens is 507 g/mol. The fraction of sp³-hybridized carbons (Fsp3) is 0.594. The molecule has 220 valence electrons. The summed E-state index contributed by atoms with van der Waals surface area (Å²) in [5.74, 6) is 0.384. The number of rotatable bonds is 11. The number of nitrogens with zero attached hydrogens (tertiary/aromatic N) is 3. The molecule has 0 spiro atoms. The van der Waals surface area contributed by atoms with Crippen molar-refractivity contribution in [1.82, 2.24) is 9.80 Å². The van der Waals surface area contributed by atoms with Gasteiger partial charge in [-0.1, -0.05) is 37.6 Å². The Hall–Kier alpha value is -3.16. The van der Waals surface area contributed by atoms with Crippen molar-refractivity contribution in [1.29, 1.82) is 0 Å². The van der Waals surface area contributed by atoms with Gasteiger partial charge in [0.05, 0.1) is 12.5 Å². The van der Waals surface area contributed by atoms with E-state index in [-0.39, 0.29) is 36.2 Å². The summed E-state index contributed by atoms with van der Waals surface area (Å²) in [6, 6.07) is 6.15. The second-order valence-electron chi connectivity index (χ2n) is 11.8. The normalized spacial score (nSPS) is 19.8. The van der Waals surface area contributed by atoms with Crippen molar-refractivity contribution in [2.24, 2.45) is 16.6 Å². The molecule has 7 nitrogen and oxygen atoms in total. The minimum Gasteiger partial charge on any atom is -0.444 e. The van der Waals surface area contributed by atoms with Crippen molar-refractivity contribution in [2.45, 2.75) is 97.6 Å². The van der Waals surface area contributed by atoms with Gasteiger partial charge in [0.15, 0.2) is 0 Å². The van der Waals surface area contributed by atoms with Crippen molar-refractivity contribution in [2.75, 3.05) is 19.6 Å². The number of benzene rings is 1. The molecule has 2 aliphatic heterocycles. The Morgan fingerprint density at radius 2 is 1.95 bits per heavy atom. The molecule has 2 atom stereocenters. The highest BCUT2D eigenvalue weighted by molar-refractivity contribution is 5.79. The molecule has 3 rings (SSSR count). The fourth-order valence-electron chi connectivity index (χ4n) is 5.67. The highest BCUT2D eigenvalue weighted by Crippen LogP contribution is 2.30. The number of nitrogens with two attached hydrogens (primary N) is 1. The van der Waals surface area contributed by atoms with Gasteiger partial charge in [0.25, 0.3) is 0 Å². The molecule has 2 amide bonds. The molecule has 1 saturated heterocycles. The van der Waals surface area contributed by atoms with Crippen LogP contribution in [0.2, 0.25) is 0 Å². The number of hydrogen-bond donors (Lipinski definition) is 1. The number of amides is 2. The first-order chi connectivity index (χ1) is 19.0. The van der Waals surface area contributed by atoms with Gasteiger partial charge in [0.1, 0.15) is 17.2 Å². The summed E-state index contributed by atoms with van der Waals surface area (Å²) in [6.45, 7) is 11.7. The Morgan fingerprint density at radius 3 is 2.60 bits per heavy atom. The molecule has 2 N–H and O–H groups in total. The highest BCUT2D eigenvalue weighted by atomic mass is 19.1. The van der Waals surface area contributed by atoms with E-state index in [4.69, 9.17) is 10.5 Å². The Kier molecular flexibility index (Phi) is 11.3. The van der Waals surface area contributed by atoms with E-state index in [1.807, 2.05) is 36.8 Å². The Morgan fingerprint density at radius 1 is 1.23 bits per heavy atom. The van der Waals surface area contributed by atoms with E-state index in [1.165, 1.54) is 17.7 Å². The van der Waals surface area contributed by atoms with E-state index in [9.17, 15) is 14.0 Å². The lowest BCUT2D eigenvalue weighted by atomic mass is 9.91. The first-order valence-electron chi connectivity index (χ1n) is 14.7. The Balaban J connectivity index is 1.72. The van der Waals surface area contributed by atoms with E-state index in [0.29, 0.717) is 25.5 Å². The molecule has 40 heavy (non-hydrogen) atoms. The minimum absolute atomic E-state index is 0.0143. The summed E-state index contributed by atoms with van der Waals surface area (Å²) in [5, 5.41) is 0. The number of allylic oxidation sites excluding steroid dienone is 1. The quantitative estimate of drug-likeness (QED) is 0.321. The fourth-order valence-corrected chi connectivity index (χ4v) is 5.67. The SMILES string of the molecule is CC/C=C(\CCCN(C[C@@H]1CC=NC(N)=C1CC)C(=O)Cc1ccc(F)cc1)[C@@H]1CCCN1C(=O)OC(C)(C)C. The lowest BCUT2D eigenvalue weighted by Crippen LogP contribution is -2.41. The number of likely N-dealkylation sites (tertiary alicyclic amines) is 1. The van der Waals surface area contributed by atoms with Crippen LogP contribution in [0.1, 0.15) is 85.1 Å². The van der Waals surface area contributed by atoms with Crippen LogP contribution in [0.5, 0.6) is 0 Å². The van der Waals surface area contributed by atoms with Crippen LogP contribution in [-0.4, -0.2) is 59.3 Å². The number of carbonyl (C=O) groups excluding carboxylic acids is 2. The van der Waals surface area contributed by atoms with Gasteiger partial charge < -0.3 is 20.3 Å². The molecule has 2 aliphatic rings. The van der Waals surface area contributed by atoms with Crippen molar-refractivity contribution in [3.8, 4) is 0 Å². The zero-order valence-electron chi connectivity index (χ0n) is 24.9. The number of halogens is 1. The molecule has 1 aromatic rings. The van der Waals surface area contributed by atoms with Gasteiger partial charge in [-0.05, 0) is 89.0 Å². The van der Waals surface area contributed by atoms with Gasteiger partial charge >= 0.3 is 6.09 Å². The highest BCUT2D eigenvalue weighted by Gasteiger charge is 2.34. The molecule has 0 unspecified atom stereocenters. The standard InChI is InChI=1S/C32H47FN4O3/c1-6-10-24(28-12-9-20-37(28)31(39)40-32(3,4)5)11-8-19-36(22-25-17-18-35-30(34)27(25)7-2)29(38)21-23-13-15-26(33)16-14-23/h10,13-16,18,25,28H,6-9,11-12,17,19-22,34H2,1-5H3/b24-10+/t25-,28-/m0/s1. The van der Waals surface area contributed by atoms with Crippen LogP contribution in [0.3, 0.4) is 0 Å². The van der Waals surface area contributed by atoms with Crippen LogP contribution in [0.4, 0.5) is 9.18 Å². The molecule has 0 aliphatic carbocycles. The second-order valence-corrected chi connectivity index (χ2v) is 11.8. The second kappa shape index (κ2) is 14.5. The summed E-state index contributed by atoms with van der Waals surface area (Å²) >= 11 is 0. The van der Waals surface area contributed by atoms with Crippen LogP contribution in [0.25, 0.3) is 0 Å². The lowest BCUT2D eigenvalue weighted by Gasteiger charge is -2.32. The van der Waals surface area contributed by atoms with E-state index in [0.717, 1.165) is 56.1 Å². The number of hydrogen-bond acceptors (Lipinski definition) is 5. The van der Waals surface area contributed by atoms with Crippen molar-refractivity contribution >= 4 is 18.2 Å². The number of carbonyl (C=O) groups is 2. The maximum atomic E-state index is 13.5. The molecule has 0 radical (unpaired) electrons. The maximum absolute atomic E-state index is 13.5. The van der Waals surface area contributed by atoms with Gasteiger partial charge in [0, 0.05) is 31.8 Å². The number of aliphatic imine (C=N–C) groups is 1. The molecule has 1 aromatic carbocycles. The van der Waals surface area contributed by atoms with Crippen LogP contribution < -0.4 is 5.73 Å². The van der Waals surface area contributed by atoms with Gasteiger partial charge in [-0.2, -0.15) is 0 Å². The summed E-state index contributed by atoms with van der Waals surface area (Å²) in [6.07, 6.45) is 9.89. The zero-order chi connectivity index (χ0) is 29.3. The minimum atomic E-state index is -0.538. The molecule has 0 bridgehead atoms. The third kappa shape index (κ3) is 8.93. The van der Waals surface area contributed by atoms with E-state index in [2.05, 4.69) is 24.9 Å². The van der Waals surface area contributed by atoms with Crippen LogP contribution in [0, 0.1) is 11.7 Å². The van der Waals surface area contributed by atoms with Gasteiger partial charge in [0.2, 0.25) is 5.91 Å². The summed E-state index contributed by atoms with van der Waals surface area (Å²) < 4.78 is 19.1. The number of ether oxygens (including phenoxy) is 1.